The molecule has 2 aromatic rings. The lowest BCUT2D eigenvalue weighted by molar-refractivity contribution is 0.135. The normalized spacial score (nSPS) is 18.6. The number of benzene rings is 2. The average Bonchev–Trinajstić information content (AvgIpc) is 2.73. The van der Waals surface area contributed by atoms with Gasteiger partial charge in [0.1, 0.15) is 6.61 Å². The number of anilines is 1. The molecular weight excluding hydrogens is 412 g/mol. The van der Waals surface area contributed by atoms with Gasteiger partial charge in [-0.1, -0.05) is 50.6 Å². The van der Waals surface area contributed by atoms with E-state index in [4.69, 9.17) is 4.74 Å². The molecule has 0 N–H and O–H groups in total. The van der Waals surface area contributed by atoms with Gasteiger partial charge in [-0.2, -0.15) is 4.31 Å². The molecule has 166 valence electrons. The fraction of sp³-hybridized carbons (Fsp3) is 0.458. The maximum atomic E-state index is 13.2. The van der Waals surface area contributed by atoms with Crippen LogP contribution in [0.4, 0.5) is 10.5 Å². The SMILES string of the molecule is Cc1ccc2c(c1)COC(=O)N2C1CCN(S(=O)(=O)c2ccc(C(C)(C)C)cc2)CC1. The lowest BCUT2D eigenvalue weighted by Gasteiger charge is -2.39. The molecule has 0 atom stereocenters. The van der Waals surface area contributed by atoms with Gasteiger partial charge in [0.2, 0.25) is 10.0 Å². The second kappa shape index (κ2) is 7.95. The standard InChI is InChI=1S/C24H30N2O4S/c1-17-5-10-22-18(15-17)16-30-23(27)26(22)20-11-13-25(14-12-20)31(28,29)21-8-6-19(7-9-21)24(2,3)4/h5-10,15,20H,11-14,16H2,1-4H3. The van der Waals surface area contributed by atoms with Crippen molar-refractivity contribution < 1.29 is 17.9 Å². The summed E-state index contributed by atoms with van der Waals surface area (Å²) >= 11 is 0. The molecule has 0 bridgehead atoms. The van der Waals surface area contributed by atoms with Gasteiger partial charge in [-0.25, -0.2) is 13.2 Å². The van der Waals surface area contributed by atoms with E-state index in [0.717, 1.165) is 22.4 Å². The predicted octanol–water partition coefficient (Wildman–Crippen LogP) is 4.60. The van der Waals surface area contributed by atoms with Gasteiger partial charge in [-0.05, 0) is 48.9 Å². The number of carbonyl (C=O) groups is 1. The monoisotopic (exact) mass is 442 g/mol. The van der Waals surface area contributed by atoms with Crippen LogP contribution in [0, 0.1) is 6.92 Å². The van der Waals surface area contributed by atoms with E-state index in [9.17, 15) is 13.2 Å². The van der Waals surface area contributed by atoms with E-state index in [1.807, 2.05) is 37.3 Å². The number of sulfonamides is 1. The summed E-state index contributed by atoms with van der Waals surface area (Å²) in [6.07, 6.45) is 0.791. The molecule has 4 rings (SSSR count). The highest BCUT2D eigenvalue weighted by Gasteiger charge is 2.37. The fourth-order valence-electron chi connectivity index (χ4n) is 4.33. The number of amides is 1. The molecule has 31 heavy (non-hydrogen) atoms. The Bertz CT molecular complexity index is 1080. The summed E-state index contributed by atoms with van der Waals surface area (Å²) in [6, 6.07) is 13.1. The first kappa shape index (κ1) is 21.8. The highest BCUT2D eigenvalue weighted by molar-refractivity contribution is 7.89. The largest absolute Gasteiger partial charge is 0.444 e. The van der Waals surface area contributed by atoms with Gasteiger partial charge < -0.3 is 4.74 Å². The molecule has 1 fully saturated rings. The number of aryl methyl sites for hydroxylation is 1. The van der Waals surface area contributed by atoms with Crippen LogP contribution in [0.3, 0.4) is 0 Å². The van der Waals surface area contributed by atoms with Gasteiger partial charge in [0.15, 0.2) is 0 Å². The molecule has 7 heteroatoms. The fourth-order valence-corrected chi connectivity index (χ4v) is 5.80. The molecule has 2 aliphatic heterocycles. The molecule has 2 aromatic carbocycles. The zero-order chi connectivity index (χ0) is 22.4. The minimum absolute atomic E-state index is 0.0292. The van der Waals surface area contributed by atoms with E-state index in [1.165, 1.54) is 4.31 Å². The first-order valence-electron chi connectivity index (χ1n) is 10.7. The van der Waals surface area contributed by atoms with Crippen LogP contribution >= 0.6 is 0 Å². The number of carbonyl (C=O) groups excluding carboxylic acids is 1. The minimum atomic E-state index is -3.56. The summed E-state index contributed by atoms with van der Waals surface area (Å²) in [5.41, 5.74) is 4.06. The van der Waals surface area contributed by atoms with E-state index in [2.05, 4.69) is 20.8 Å². The van der Waals surface area contributed by atoms with Crippen molar-refractivity contribution in [1.82, 2.24) is 4.31 Å². The van der Waals surface area contributed by atoms with Gasteiger partial charge in [-0.15, -0.1) is 0 Å². The van der Waals surface area contributed by atoms with Gasteiger partial charge >= 0.3 is 6.09 Å². The topological polar surface area (TPSA) is 66.9 Å². The molecule has 0 aliphatic carbocycles. The van der Waals surface area contributed by atoms with Crippen LogP contribution in [0.15, 0.2) is 47.4 Å². The third-order valence-corrected chi connectivity index (χ3v) is 8.10. The van der Waals surface area contributed by atoms with Crippen molar-refractivity contribution in [2.24, 2.45) is 0 Å². The Labute approximate surface area is 184 Å². The Morgan fingerprint density at radius 2 is 1.65 bits per heavy atom. The number of piperidine rings is 1. The number of rotatable bonds is 3. The molecular formula is C24H30N2O4S. The van der Waals surface area contributed by atoms with Crippen LogP contribution < -0.4 is 4.90 Å². The highest BCUT2D eigenvalue weighted by atomic mass is 32.2. The van der Waals surface area contributed by atoms with Crippen molar-refractivity contribution in [2.75, 3.05) is 18.0 Å². The van der Waals surface area contributed by atoms with Gasteiger partial charge in [0.05, 0.1) is 10.6 Å². The quantitative estimate of drug-likeness (QED) is 0.697. The lowest BCUT2D eigenvalue weighted by Crippen LogP contribution is -2.50. The number of nitrogens with zero attached hydrogens (tertiary/aromatic N) is 2. The number of hydrogen-bond donors (Lipinski definition) is 0. The van der Waals surface area contributed by atoms with Crippen LogP contribution in [0.2, 0.25) is 0 Å². The van der Waals surface area contributed by atoms with Crippen LogP contribution in [-0.2, 0) is 26.8 Å². The summed E-state index contributed by atoms with van der Waals surface area (Å²) in [5, 5.41) is 0. The molecule has 0 unspecified atom stereocenters. The average molecular weight is 443 g/mol. The van der Waals surface area contributed by atoms with E-state index in [-0.39, 0.29) is 24.2 Å². The Hall–Kier alpha value is -2.38. The molecule has 2 aliphatic rings. The Balaban J connectivity index is 1.49. The van der Waals surface area contributed by atoms with Crippen molar-refractivity contribution in [3.8, 4) is 0 Å². The second-order valence-electron chi connectivity index (χ2n) is 9.47. The predicted molar refractivity (Wildman–Crippen MR) is 121 cm³/mol. The summed E-state index contributed by atoms with van der Waals surface area (Å²) in [5.74, 6) is 0. The first-order chi connectivity index (χ1) is 14.6. The highest BCUT2D eigenvalue weighted by Crippen LogP contribution is 2.33. The number of cyclic esters (lactones) is 1. The van der Waals surface area contributed by atoms with E-state index >= 15 is 0 Å². The van der Waals surface area contributed by atoms with Crippen molar-refractivity contribution in [3.05, 3.63) is 59.2 Å². The molecule has 0 saturated carbocycles. The molecule has 6 nitrogen and oxygen atoms in total. The number of ether oxygens (including phenoxy) is 1. The molecule has 0 radical (unpaired) electrons. The summed E-state index contributed by atoms with van der Waals surface area (Å²) < 4.78 is 33.2. The molecule has 0 spiro atoms. The van der Waals surface area contributed by atoms with Gasteiger partial charge in [-0.3, -0.25) is 4.90 Å². The van der Waals surface area contributed by atoms with Gasteiger partial charge in [0.25, 0.3) is 0 Å². The van der Waals surface area contributed by atoms with Crippen molar-refractivity contribution >= 4 is 21.8 Å². The zero-order valence-corrected chi connectivity index (χ0v) is 19.4. The summed E-state index contributed by atoms with van der Waals surface area (Å²) in [4.78, 5) is 14.6. The third-order valence-electron chi connectivity index (χ3n) is 6.19. The van der Waals surface area contributed by atoms with Crippen LogP contribution in [-0.4, -0.2) is 37.9 Å². The maximum absolute atomic E-state index is 13.2. The summed E-state index contributed by atoms with van der Waals surface area (Å²) in [6.45, 7) is 9.35. The third kappa shape index (κ3) is 4.21. The van der Waals surface area contributed by atoms with Gasteiger partial charge in [0, 0.05) is 24.7 Å². The smallest absolute Gasteiger partial charge is 0.414 e. The lowest BCUT2D eigenvalue weighted by atomic mass is 9.87. The number of hydrogen-bond acceptors (Lipinski definition) is 4. The van der Waals surface area contributed by atoms with Crippen LogP contribution in [0.5, 0.6) is 0 Å². The van der Waals surface area contributed by atoms with Crippen molar-refractivity contribution in [2.45, 2.75) is 63.5 Å². The Kier molecular flexibility index (Phi) is 5.60. The van der Waals surface area contributed by atoms with E-state index in [0.29, 0.717) is 30.8 Å². The Morgan fingerprint density at radius 3 is 2.26 bits per heavy atom. The number of fused-ring (bicyclic) bond motifs is 1. The maximum Gasteiger partial charge on any atom is 0.414 e. The first-order valence-corrected chi connectivity index (χ1v) is 12.2. The van der Waals surface area contributed by atoms with E-state index in [1.54, 1.807) is 17.0 Å². The van der Waals surface area contributed by atoms with E-state index < -0.39 is 10.0 Å². The second-order valence-corrected chi connectivity index (χ2v) is 11.4. The van der Waals surface area contributed by atoms with Crippen LogP contribution in [0.1, 0.15) is 50.3 Å². The molecule has 0 aromatic heterocycles. The zero-order valence-electron chi connectivity index (χ0n) is 18.6. The van der Waals surface area contributed by atoms with Crippen LogP contribution in [0.25, 0.3) is 0 Å². The molecule has 1 saturated heterocycles. The summed E-state index contributed by atoms with van der Waals surface area (Å²) in [7, 11) is -3.56. The molecule has 2 heterocycles. The van der Waals surface area contributed by atoms with Crippen molar-refractivity contribution in [1.29, 1.82) is 0 Å². The Morgan fingerprint density at radius 1 is 1.00 bits per heavy atom. The van der Waals surface area contributed by atoms with Crippen molar-refractivity contribution in [3.63, 3.8) is 0 Å². The minimum Gasteiger partial charge on any atom is -0.444 e. The molecule has 1 amide bonds.